The molecule has 3 rings (SSSR count). The maximum absolute atomic E-state index is 13.1. The minimum Gasteiger partial charge on any atom is -0.454 e. The van der Waals surface area contributed by atoms with Gasteiger partial charge in [-0.1, -0.05) is 24.3 Å². The maximum atomic E-state index is 13.1. The van der Waals surface area contributed by atoms with E-state index in [1.165, 1.54) is 24.3 Å². The lowest BCUT2D eigenvalue weighted by molar-refractivity contribution is -0.0580. The first kappa shape index (κ1) is 11.8. The molecule has 2 aromatic rings. The summed E-state index contributed by atoms with van der Waals surface area (Å²) in [5, 5.41) is 0. The van der Waals surface area contributed by atoms with Crippen LogP contribution in [0.3, 0.4) is 0 Å². The van der Waals surface area contributed by atoms with E-state index >= 15 is 0 Å². The van der Waals surface area contributed by atoms with Gasteiger partial charge in [-0.15, -0.1) is 0 Å². The minimum absolute atomic E-state index is 0.0498. The summed E-state index contributed by atoms with van der Waals surface area (Å²) in [6.45, 7) is 0. The minimum atomic E-state index is -4.53. The van der Waals surface area contributed by atoms with Crippen LogP contribution in [0, 0.1) is 0 Å². The fourth-order valence-corrected chi connectivity index (χ4v) is 1.90. The first-order chi connectivity index (χ1) is 9.05. The van der Waals surface area contributed by atoms with E-state index in [4.69, 9.17) is 4.74 Å². The van der Waals surface area contributed by atoms with E-state index in [-0.39, 0.29) is 17.0 Å². The van der Waals surface area contributed by atoms with Crippen LogP contribution in [-0.2, 0) is 0 Å². The van der Waals surface area contributed by atoms with Gasteiger partial charge in [0.1, 0.15) is 11.4 Å². The fourth-order valence-electron chi connectivity index (χ4n) is 1.90. The first-order valence-corrected chi connectivity index (χ1v) is 5.58. The van der Waals surface area contributed by atoms with Gasteiger partial charge in [0.2, 0.25) is 0 Å². The highest BCUT2D eigenvalue weighted by Gasteiger charge is 2.39. The van der Waals surface area contributed by atoms with Gasteiger partial charge in [0.25, 0.3) is 0 Å². The Labute approximate surface area is 107 Å². The van der Waals surface area contributed by atoms with Gasteiger partial charge in [0, 0.05) is 5.56 Å². The number of benzene rings is 2. The Kier molecular flexibility index (Phi) is 2.55. The van der Waals surface area contributed by atoms with Crippen LogP contribution >= 0.6 is 0 Å². The summed E-state index contributed by atoms with van der Waals surface area (Å²) < 4.78 is 44.8. The van der Waals surface area contributed by atoms with E-state index in [0.717, 1.165) is 0 Å². The molecule has 1 aliphatic heterocycles. The number of fused-ring (bicyclic) bond motifs is 2. The highest BCUT2D eigenvalue weighted by atomic mass is 19.4. The molecule has 2 aromatic carbocycles. The largest absolute Gasteiger partial charge is 0.454 e. The van der Waals surface area contributed by atoms with Crippen molar-refractivity contribution in [1.29, 1.82) is 0 Å². The summed E-state index contributed by atoms with van der Waals surface area (Å²) in [6, 6.07) is 12.4. The lowest BCUT2D eigenvalue weighted by Crippen LogP contribution is -2.23. The summed E-state index contributed by atoms with van der Waals surface area (Å²) >= 11 is 0. The van der Waals surface area contributed by atoms with E-state index in [9.17, 15) is 13.2 Å². The van der Waals surface area contributed by atoms with Crippen LogP contribution in [0.4, 0.5) is 18.9 Å². The Balaban J connectivity index is 2.29. The molecule has 0 fully saturated rings. The van der Waals surface area contributed by atoms with Crippen LogP contribution in [0.15, 0.2) is 53.5 Å². The van der Waals surface area contributed by atoms with E-state index in [1.54, 1.807) is 24.3 Å². The summed E-state index contributed by atoms with van der Waals surface area (Å²) in [5.41, 5.74) is -0.815. The van der Waals surface area contributed by atoms with Crippen molar-refractivity contribution < 1.29 is 17.9 Å². The van der Waals surface area contributed by atoms with Gasteiger partial charge in [0.05, 0.1) is 0 Å². The average Bonchev–Trinajstić information content (AvgIpc) is 2.54. The van der Waals surface area contributed by atoms with Crippen molar-refractivity contribution in [3.8, 4) is 11.5 Å². The molecule has 96 valence electrons. The number of halogens is 3. The lowest BCUT2D eigenvalue weighted by Gasteiger charge is -2.11. The maximum Gasteiger partial charge on any atom is 0.434 e. The molecule has 0 spiro atoms. The Morgan fingerprint density at radius 1 is 0.842 bits per heavy atom. The molecule has 0 aromatic heterocycles. The lowest BCUT2D eigenvalue weighted by atomic mass is 10.1. The number of nitrogens with zero attached hydrogens (tertiary/aromatic N) is 1. The number of aliphatic imine (C=N–C) groups is 1. The number of alkyl halides is 3. The number of hydrogen-bond donors (Lipinski definition) is 0. The van der Waals surface area contributed by atoms with Gasteiger partial charge in [-0.05, 0) is 24.3 Å². The molecule has 0 saturated carbocycles. The van der Waals surface area contributed by atoms with Gasteiger partial charge >= 0.3 is 6.18 Å². The Morgan fingerprint density at radius 3 is 2.21 bits per heavy atom. The van der Waals surface area contributed by atoms with Crippen LogP contribution < -0.4 is 4.74 Å². The number of rotatable bonds is 0. The van der Waals surface area contributed by atoms with Gasteiger partial charge in [-0.3, -0.25) is 0 Å². The molecule has 0 unspecified atom stereocenters. The molecule has 0 radical (unpaired) electrons. The molecule has 19 heavy (non-hydrogen) atoms. The molecule has 0 atom stereocenters. The highest BCUT2D eigenvalue weighted by Crippen LogP contribution is 2.40. The molecular weight excluding hydrogens is 255 g/mol. The first-order valence-electron chi connectivity index (χ1n) is 5.58. The molecule has 1 heterocycles. The summed E-state index contributed by atoms with van der Waals surface area (Å²) in [4.78, 5) is 3.72. The molecule has 1 aliphatic rings. The number of ether oxygens (including phenoxy) is 1. The molecule has 5 heteroatoms. The van der Waals surface area contributed by atoms with E-state index in [1.807, 2.05) is 0 Å². The Hall–Kier alpha value is -2.30. The molecule has 0 aliphatic carbocycles. The Morgan fingerprint density at radius 2 is 1.47 bits per heavy atom. The number of para-hydroxylation sites is 3. The van der Waals surface area contributed by atoms with Crippen molar-refractivity contribution in [3.05, 3.63) is 54.1 Å². The molecule has 2 nitrogen and oxygen atoms in total. The predicted molar refractivity (Wildman–Crippen MR) is 65.2 cm³/mol. The second-order valence-electron chi connectivity index (χ2n) is 4.02. The van der Waals surface area contributed by atoms with Crippen LogP contribution in [0.25, 0.3) is 0 Å². The van der Waals surface area contributed by atoms with Crippen LogP contribution in [-0.4, -0.2) is 11.9 Å². The zero-order valence-electron chi connectivity index (χ0n) is 9.61. The quantitative estimate of drug-likeness (QED) is 0.687. The third-order valence-corrected chi connectivity index (χ3v) is 2.73. The summed E-state index contributed by atoms with van der Waals surface area (Å²) in [6.07, 6.45) is -4.53. The second kappa shape index (κ2) is 4.12. The zero-order chi connectivity index (χ0) is 13.5. The van der Waals surface area contributed by atoms with E-state index in [2.05, 4.69) is 4.99 Å². The monoisotopic (exact) mass is 263 g/mol. The third kappa shape index (κ3) is 2.07. The van der Waals surface area contributed by atoms with Crippen LogP contribution in [0.1, 0.15) is 5.56 Å². The molecule has 0 amide bonds. The molecular formula is C14H8F3NO. The van der Waals surface area contributed by atoms with Gasteiger partial charge in [0.15, 0.2) is 11.5 Å². The Bertz CT molecular complexity index is 662. The summed E-state index contributed by atoms with van der Waals surface area (Å²) in [5.74, 6) is 0.470. The SMILES string of the molecule is FC(F)(F)C1=Nc2ccccc2Oc2ccccc21. The third-order valence-electron chi connectivity index (χ3n) is 2.73. The normalized spacial score (nSPS) is 13.7. The van der Waals surface area contributed by atoms with Gasteiger partial charge in [-0.25, -0.2) is 4.99 Å². The average molecular weight is 263 g/mol. The fraction of sp³-hybridized carbons (Fsp3) is 0.0714. The topological polar surface area (TPSA) is 21.6 Å². The molecule has 0 bridgehead atoms. The zero-order valence-corrected chi connectivity index (χ0v) is 9.61. The van der Waals surface area contributed by atoms with Gasteiger partial charge < -0.3 is 4.74 Å². The van der Waals surface area contributed by atoms with Crippen molar-refractivity contribution in [2.45, 2.75) is 6.18 Å². The van der Waals surface area contributed by atoms with Crippen molar-refractivity contribution >= 4 is 11.4 Å². The van der Waals surface area contributed by atoms with Crippen molar-refractivity contribution in [2.75, 3.05) is 0 Å². The summed E-state index contributed by atoms with van der Waals surface area (Å²) in [7, 11) is 0. The van der Waals surface area contributed by atoms with Crippen LogP contribution in [0.5, 0.6) is 11.5 Å². The highest BCUT2D eigenvalue weighted by molar-refractivity contribution is 6.08. The van der Waals surface area contributed by atoms with E-state index < -0.39 is 11.9 Å². The predicted octanol–water partition coefficient (Wildman–Crippen LogP) is 4.48. The molecule has 0 N–H and O–H groups in total. The van der Waals surface area contributed by atoms with Crippen molar-refractivity contribution in [3.63, 3.8) is 0 Å². The van der Waals surface area contributed by atoms with Gasteiger partial charge in [-0.2, -0.15) is 13.2 Å². The smallest absolute Gasteiger partial charge is 0.434 e. The van der Waals surface area contributed by atoms with E-state index in [0.29, 0.717) is 5.75 Å². The second-order valence-corrected chi connectivity index (χ2v) is 4.02. The standard InChI is InChI=1S/C14H8F3NO/c15-14(16,17)13-9-5-1-3-7-11(9)19-12-8-4-2-6-10(12)18-13/h1-8H. The molecule has 0 saturated heterocycles. The van der Waals surface area contributed by atoms with Crippen molar-refractivity contribution in [1.82, 2.24) is 0 Å². The van der Waals surface area contributed by atoms with Crippen LogP contribution in [0.2, 0.25) is 0 Å². The number of hydrogen-bond acceptors (Lipinski definition) is 2. The van der Waals surface area contributed by atoms with Crippen molar-refractivity contribution in [2.24, 2.45) is 4.99 Å².